The van der Waals surface area contributed by atoms with Gasteiger partial charge < -0.3 is 19.7 Å². The van der Waals surface area contributed by atoms with Crippen LogP contribution in [0, 0.1) is 24.7 Å². The summed E-state index contributed by atoms with van der Waals surface area (Å²) in [4.78, 5) is 26.9. The SMILES string of the molecule is Cc1onc(-c2ccccc2)c1C(=O)NC[C@@]1(C)C[C@H](NC(=O)c2c(-c3ccccc3)noc2C)CC(C)(C)C1. The van der Waals surface area contributed by atoms with Crippen LogP contribution in [0.15, 0.2) is 69.7 Å². The van der Waals surface area contributed by atoms with Crippen molar-refractivity contribution in [2.24, 2.45) is 10.8 Å². The van der Waals surface area contributed by atoms with Crippen LogP contribution in [0.1, 0.15) is 72.3 Å². The molecule has 1 aliphatic rings. The van der Waals surface area contributed by atoms with Gasteiger partial charge in [0.1, 0.15) is 34.0 Å². The summed E-state index contributed by atoms with van der Waals surface area (Å²) in [7, 11) is 0. The van der Waals surface area contributed by atoms with Crippen LogP contribution in [0.5, 0.6) is 0 Å². The van der Waals surface area contributed by atoms with Gasteiger partial charge in [-0.1, -0.05) is 91.7 Å². The van der Waals surface area contributed by atoms with Crippen molar-refractivity contribution in [3.05, 3.63) is 83.3 Å². The molecule has 0 radical (unpaired) electrons. The molecule has 2 atom stereocenters. The molecule has 2 aromatic heterocycles. The molecule has 2 aromatic carbocycles. The first-order valence-electron chi connectivity index (χ1n) is 13.7. The second kappa shape index (κ2) is 10.8. The zero-order valence-corrected chi connectivity index (χ0v) is 23.7. The Balaban J connectivity index is 1.31. The highest BCUT2D eigenvalue weighted by atomic mass is 16.5. The van der Waals surface area contributed by atoms with Crippen molar-refractivity contribution in [2.45, 2.75) is 59.9 Å². The van der Waals surface area contributed by atoms with Crippen molar-refractivity contribution < 1.29 is 18.6 Å². The molecular formula is C32H36N4O4. The molecule has 2 N–H and O–H groups in total. The van der Waals surface area contributed by atoms with Crippen LogP contribution in [0.4, 0.5) is 0 Å². The summed E-state index contributed by atoms with van der Waals surface area (Å²) in [6.07, 6.45) is 2.46. The molecule has 0 unspecified atom stereocenters. The van der Waals surface area contributed by atoms with Gasteiger partial charge in [0.05, 0.1) is 0 Å². The van der Waals surface area contributed by atoms with Gasteiger partial charge in [-0.05, 0) is 43.9 Å². The summed E-state index contributed by atoms with van der Waals surface area (Å²) < 4.78 is 10.8. The molecule has 208 valence electrons. The monoisotopic (exact) mass is 540 g/mol. The van der Waals surface area contributed by atoms with Crippen molar-refractivity contribution in [2.75, 3.05) is 6.54 Å². The number of carbonyl (C=O) groups excluding carboxylic acids is 2. The molecule has 0 spiro atoms. The smallest absolute Gasteiger partial charge is 0.257 e. The molecular weight excluding hydrogens is 504 g/mol. The van der Waals surface area contributed by atoms with Gasteiger partial charge in [0.25, 0.3) is 11.8 Å². The van der Waals surface area contributed by atoms with Gasteiger partial charge in [-0.15, -0.1) is 0 Å². The van der Waals surface area contributed by atoms with Crippen LogP contribution in [0.3, 0.4) is 0 Å². The molecule has 8 nitrogen and oxygen atoms in total. The summed E-state index contributed by atoms with van der Waals surface area (Å²) in [5.41, 5.74) is 3.37. The number of aryl methyl sites for hydroxylation is 2. The fourth-order valence-corrected chi connectivity index (χ4v) is 6.38. The largest absolute Gasteiger partial charge is 0.360 e. The molecule has 1 saturated carbocycles. The number of nitrogens with zero attached hydrogens (tertiary/aromatic N) is 2. The first-order chi connectivity index (χ1) is 19.1. The van der Waals surface area contributed by atoms with Crippen LogP contribution in [0.25, 0.3) is 22.5 Å². The lowest BCUT2D eigenvalue weighted by Crippen LogP contribution is -2.50. The summed E-state index contributed by atoms with van der Waals surface area (Å²) >= 11 is 0. The third kappa shape index (κ3) is 5.71. The van der Waals surface area contributed by atoms with Crippen LogP contribution >= 0.6 is 0 Å². The second-order valence-corrected chi connectivity index (χ2v) is 12.1. The van der Waals surface area contributed by atoms with Crippen molar-refractivity contribution in [1.29, 1.82) is 0 Å². The normalized spacial score (nSPS) is 20.2. The van der Waals surface area contributed by atoms with Crippen LogP contribution < -0.4 is 10.6 Å². The van der Waals surface area contributed by atoms with Crippen LogP contribution in [0.2, 0.25) is 0 Å². The van der Waals surface area contributed by atoms with E-state index in [-0.39, 0.29) is 28.7 Å². The number of benzene rings is 2. The van der Waals surface area contributed by atoms with E-state index in [1.807, 2.05) is 60.7 Å². The zero-order valence-electron chi connectivity index (χ0n) is 23.7. The number of nitrogens with one attached hydrogen (secondary N) is 2. The van der Waals surface area contributed by atoms with Crippen molar-refractivity contribution in [3.8, 4) is 22.5 Å². The first kappa shape index (κ1) is 27.4. The number of carbonyl (C=O) groups is 2. The van der Waals surface area contributed by atoms with E-state index in [0.29, 0.717) is 40.6 Å². The summed E-state index contributed by atoms with van der Waals surface area (Å²) in [6, 6.07) is 19.1. The van der Waals surface area contributed by atoms with Crippen molar-refractivity contribution in [1.82, 2.24) is 20.9 Å². The molecule has 0 aliphatic heterocycles. The number of rotatable bonds is 7. The highest BCUT2D eigenvalue weighted by Gasteiger charge is 2.42. The molecule has 4 aromatic rings. The molecule has 40 heavy (non-hydrogen) atoms. The Labute approximate surface area is 234 Å². The molecule has 1 fully saturated rings. The molecule has 5 rings (SSSR count). The second-order valence-electron chi connectivity index (χ2n) is 12.1. The van der Waals surface area contributed by atoms with Crippen molar-refractivity contribution >= 4 is 11.8 Å². The Bertz CT molecular complexity index is 1510. The van der Waals surface area contributed by atoms with Gasteiger partial charge in [0.15, 0.2) is 0 Å². The number of aromatic nitrogens is 2. The highest BCUT2D eigenvalue weighted by molar-refractivity contribution is 6.01. The quantitative estimate of drug-likeness (QED) is 0.282. The lowest BCUT2D eigenvalue weighted by molar-refractivity contribution is 0.0591. The summed E-state index contributed by atoms with van der Waals surface area (Å²) in [6.45, 7) is 10.6. The predicted octanol–water partition coefficient (Wildman–Crippen LogP) is 6.36. The third-order valence-corrected chi connectivity index (χ3v) is 7.73. The molecule has 2 amide bonds. The van der Waals surface area contributed by atoms with Gasteiger partial charge >= 0.3 is 0 Å². The number of hydrogen-bond donors (Lipinski definition) is 2. The van der Waals surface area contributed by atoms with Gasteiger partial charge in [-0.25, -0.2) is 0 Å². The van der Waals surface area contributed by atoms with Gasteiger partial charge in [0, 0.05) is 23.7 Å². The van der Waals surface area contributed by atoms with E-state index in [9.17, 15) is 9.59 Å². The average molecular weight is 541 g/mol. The molecule has 8 heteroatoms. The molecule has 0 bridgehead atoms. The Hall–Kier alpha value is -4.20. The maximum Gasteiger partial charge on any atom is 0.257 e. The number of amides is 2. The molecule has 1 aliphatic carbocycles. The summed E-state index contributed by atoms with van der Waals surface area (Å²) in [5, 5.41) is 14.7. The molecule has 2 heterocycles. The van der Waals surface area contributed by atoms with Gasteiger partial charge in [-0.3, -0.25) is 9.59 Å². The minimum Gasteiger partial charge on any atom is -0.360 e. The van der Waals surface area contributed by atoms with Crippen molar-refractivity contribution in [3.63, 3.8) is 0 Å². The van der Waals surface area contributed by atoms with E-state index in [0.717, 1.165) is 30.4 Å². The maximum atomic E-state index is 13.5. The standard InChI is InChI=1S/C32H36N4O4/c1-20-25(27(35-39-20)22-12-8-6-9-13-22)29(37)33-19-32(5)17-24(16-31(3,4)18-32)34-30(38)26-21(2)40-36-28(26)23-14-10-7-11-15-23/h6-15,24H,16-19H2,1-5H3,(H,33,37)(H,34,38)/t24-,32+/m1/s1. The summed E-state index contributed by atoms with van der Waals surface area (Å²) in [5.74, 6) is 0.559. The third-order valence-electron chi connectivity index (χ3n) is 7.73. The maximum absolute atomic E-state index is 13.5. The lowest BCUT2D eigenvalue weighted by Gasteiger charge is -2.47. The van der Waals surface area contributed by atoms with E-state index < -0.39 is 0 Å². The number of hydrogen-bond acceptors (Lipinski definition) is 6. The van der Waals surface area contributed by atoms with Crippen LogP contribution in [-0.2, 0) is 0 Å². The topological polar surface area (TPSA) is 110 Å². The fourth-order valence-electron chi connectivity index (χ4n) is 6.38. The Morgan fingerprint density at radius 1 is 0.800 bits per heavy atom. The first-order valence-corrected chi connectivity index (χ1v) is 13.7. The van der Waals surface area contributed by atoms with E-state index in [1.165, 1.54) is 0 Å². The molecule has 0 saturated heterocycles. The van der Waals surface area contributed by atoms with Gasteiger partial charge in [0.2, 0.25) is 0 Å². The zero-order chi connectivity index (χ0) is 28.5. The van der Waals surface area contributed by atoms with Gasteiger partial charge in [-0.2, -0.15) is 0 Å². The predicted molar refractivity (Wildman–Crippen MR) is 153 cm³/mol. The Morgan fingerprint density at radius 3 is 1.82 bits per heavy atom. The van der Waals surface area contributed by atoms with E-state index >= 15 is 0 Å². The highest BCUT2D eigenvalue weighted by Crippen LogP contribution is 2.46. The Morgan fingerprint density at radius 2 is 1.30 bits per heavy atom. The lowest BCUT2D eigenvalue weighted by atomic mass is 9.62. The Kier molecular flexibility index (Phi) is 7.36. The average Bonchev–Trinajstić information content (AvgIpc) is 3.49. The minimum atomic E-state index is -0.237. The van der Waals surface area contributed by atoms with E-state index in [1.54, 1.807) is 13.8 Å². The minimum absolute atomic E-state index is 0.0378. The van der Waals surface area contributed by atoms with Crippen LogP contribution in [-0.4, -0.2) is 34.7 Å². The fraction of sp³-hybridized carbons (Fsp3) is 0.375. The van der Waals surface area contributed by atoms with E-state index in [4.69, 9.17) is 9.05 Å². The van der Waals surface area contributed by atoms with E-state index in [2.05, 4.69) is 41.7 Å².